The van der Waals surface area contributed by atoms with E-state index in [2.05, 4.69) is 15.4 Å². The summed E-state index contributed by atoms with van der Waals surface area (Å²) < 4.78 is 26.5. The van der Waals surface area contributed by atoms with Crippen LogP contribution >= 0.6 is 0 Å². The van der Waals surface area contributed by atoms with Crippen LogP contribution in [0.1, 0.15) is 26.7 Å². The van der Waals surface area contributed by atoms with Gasteiger partial charge in [0.05, 0.1) is 4.90 Å². The van der Waals surface area contributed by atoms with Crippen molar-refractivity contribution in [3.8, 4) is 0 Å². The van der Waals surface area contributed by atoms with Crippen molar-refractivity contribution in [2.24, 2.45) is 0 Å². The van der Waals surface area contributed by atoms with E-state index in [4.69, 9.17) is 0 Å². The van der Waals surface area contributed by atoms with Gasteiger partial charge in [0, 0.05) is 24.3 Å². The molecule has 1 aliphatic heterocycles. The van der Waals surface area contributed by atoms with Crippen molar-refractivity contribution >= 4 is 15.7 Å². The summed E-state index contributed by atoms with van der Waals surface area (Å²) in [6.45, 7) is 5.57. The van der Waals surface area contributed by atoms with Gasteiger partial charge in [0.15, 0.2) is 0 Å². The summed E-state index contributed by atoms with van der Waals surface area (Å²) in [7, 11) is -3.40. The first kappa shape index (κ1) is 15.3. The molecule has 1 aliphatic rings. The van der Waals surface area contributed by atoms with E-state index in [0.29, 0.717) is 10.9 Å². The van der Waals surface area contributed by atoms with E-state index in [0.717, 1.165) is 18.8 Å². The number of anilines is 1. The van der Waals surface area contributed by atoms with Crippen LogP contribution in [0.25, 0.3) is 0 Å². The van der Waals surface area contributed by atoms with Gasteiger partial charge in [-0.25, -0.2) is 13.1 Å². The molecule has 0 bridgehead atoms. The fourth-order valence-corrected chi connectivity index (χ4v) is 3.55. The van der Waals surface area contributed by atoms with Gasteiger partial charge in [-0.3, -0.25) is 0 Å². The summed E-state index contributed by atoms with van der Waals surface area (Å²) in [6.07, 6.45) is 2.42. The summed E-state index contributed by atoms with van der Waals surface area (Å²) in [6, 6.07) is 7.30. The molecule has 5 nitrogen and oxygen atoms in total. The summed E-state index contributed by atoms with van der Waals surface area (Å²) in [5.74, 6) is 0. The molecule has 3 N–H and O–H groups in total. The second kappa shape index (κ2) is 6.56. The Morgan fingerprint density at radius 3 is 2.55 bits per heavy atom. The molecule has 1 unspecified atom stereocenters. The van der Waals surface area contributed by atoms with E-state index in [1.54, 1.807) is 12.1 Å². The Hall–Kier alpha value is -1.11. The molecule has 1 aromatic carbocycles. The third-order valence-corrected chi connectivity index (χ3v) is 4.94. The highest BCUT2D eigenvalue weighted by atomic mass is 32.2. The Kier molecular flexibility index (Phi) is 5.01. The molecule has 1 fully saturated rings. The fourth-order valence-electron chi connectivity index (χ4n) is 2.30. The lowest BCUT2D eigenvalue weighted by Crippen LogP contribution is -2.30. The monoisotopic (exact) mass is 297 g/mol. The average molecular weight is 297 g/mol. The number of sulfonamides is 1. The minimum Gasteiger partial charge on any atom is -0.383 e. The predicted molar refractivity (Wildman–Crippen MR) is 81.4 cm³/mol. The third-order valence-electron chi connectivity index (χ3n) is 3.27. The maximum atomic E-state index is 12.0. The van der Waals surface area contributed by atoms with Crippen molar-refractivity contribution in [3.63, 3.8) is 0 Å². The zero-order valence-electron chi connectivity index (χ0n) is 12.0. The van der Waals surface area contributed by atoms with Crippen LogP contribution in [0.3, 0.4) is 0 Å². The summed E-state index contributed by atoms with van der Waals surface area (Å²) in [5.41, 5.74) is 0.946. The van der Waals surface area contributed by atoms with Gasteiger partial charge < -0.3 is 10.6 Å². The molecule has 0 amide bonds. The average Bonchev–Trinajstić information content (AvgIpc) is 2.88. The SMILES string of the molecule is CC(C)NS(=O)(=O)c1ccc(NCC2CCCN2)cc1. The maximum absolute atomic E-state index is 12.0. The first-order valence-electron chi connectivity index (χ1n) is 7.07. The Bertz CT molecular complexity index is 520. The summed E-state index contributed by atoms with van der Waals surface area (Å²) in [4.78, 5) is 0.302. The fraction of sp³-hybridized carbons (Fsp3) is 0.571. The second-order valence-corrected chi connectivity index (χ2v) is 7.19. The number of nitrogens with one attached hydrogen (secondary N) is 3. The van der Waals surface area contributed by atoms with Gasteiger partial charge in [-0.2, -0.15) is 0 Å². The van der Waals surface area contributed by atoms with Crippen molar-refractivity contribution in [3.05, 3.63) is 24.3 Å². The maximum Gasteiger partial charge on any atom is 0.240 e. The molecule has 0 aliphatic carbocycles. The molecular weight excluding hydrogens is 274 g/mol. The van der Waals surface area contributed by atoms with E-state index in [-0.39, 0.29) is 6.04 Å². The van der Waals surface area contributed by atoms with Crippen LogP contribution in [-0.2, 0) is 10.0 Å². The third kappa shape index (κ3) is 4.19. The molecule has 112 valence electrons. The van der Waals surface area contributed by atoms with Crippen LogP contribution in [0.5, 0.6) is 0 Å². The standard InChI is InChI=1S/C14H23N3O2S/c1-11(2)17-20(18,19)14-7-5-12(6-8-14)16-10-13-4-3-9-15-13/h5-8,11,13,15-17H,3-4,9-10H2,1-2H3. The van der Waals surface area contributed by atoms with E-state index in [9.17, 15) is 8.42 Å². The summed E-state index contributed by atoms with van der Waals surface area (Å²) >= 11 is 0. The van der Waals surface area contributed by atoms with E-state index in [1.807, 2.05) is 26.0 Å². The van der Waals surface area contributed by atoms with Crippen molar-refractivity contribution in [2.45, 2.75) is 43.7 Å². The molecule has 0 aromatic heterocycles. The first-order chi connectivity index (χ1) is 9.47. The molecule has 20 heavy (non-hydrogen) atoms. The van der Waals surface area contributed by atoms with E-state index < -0.39 is 10.0 Å². The quantitative estimate of drug-likeness (QED) is 0.745. The van der Waals surface area contributed by atoms with Gasteiger partial charge in [-0.15, -0.1) is 0 Å². The Morgan fingerprint density at radius 2 is 2.00 bits per heavy atom. The molecule has 1 saturated heterocycles. The van der Waals surface area contributed by atoms with E-state index >= 15 is 0 Å². The minimum atomic E-state index is -3.40. The topological polar surface area (TPSA) is 70.2 Å². The molecule has 1 atom stereocenters. The van der Waals surface area contributed by atoms with Gasteiger partial charge >= 0.3 is 0 Å². The van der Waals surface area contributed by atoms with Crippen molar-refractivity contribution in [2.75, 3.05) is 18.4 Å². The van der Waals surface area contributed by atoms with Gasteiger partial charge in [0.25, 0.3) is 0 Å². The highest BCUT2D eigenvalue weighted by molar-refractivity contribution is 7.89. The highest BCUT2D eigenvalue weighted by Crippen LogP contribution is 2.15. The normalized spacial score (nSPS) is 19.4. The second-order valence-electron chi connectivity index (χ2n) is 5.47. The van der Waals surface area contributed by atoms with Crippen LogP contribution in [0, 0.1) is 0 Å². The van der Waals surface area contributed by atoms with Gasteiger partial charge in [0.1, 0.15) is 0 Å². The highest BCUT2D eigenvalue weighted by Gasteiger charge is 2.16. The van der Waals surface area contributed by atoms with Crippen molar-refractivity contribution < 1.29 is 8.42 Å². The largest absolute Gasteiger partial charge is 0.383 e. The van der Waals surface area contributed by atoms with Gasteiger partial charge in [-0.1, -0.05) is 0 Å². The molecule has 0 spiro atoms. The number of hydrogen-bond acceptors (Lipinski definition) is 4. The van der Waals surface area contributed by atoms with Crippen LogP contribution in [0.2, 0.25) is 0 Å². The Balaban J connectivity index is 1.95. The predicted octanol–water partition coefficient (Wildman–Crippen LogP) is 1.54. The molecular formula is C14H23N3O2S. The summed E-state index contributed by atoms with van der Waals surface area (Å²) in [5, 5.41) is 6.74. The number of hydrogen-bond donors (Lipinski definition) is 3. The van der Waals surface area contributed by atoms with Crippen LogP contribution in [-0.4, -0.2) is 33.6 Å². The van der Waals surface area contributed by atoms with Crippen molar-refractivity contribution in [1.82, 2.24) is 10.0 Å². The first-order valence-corrected chi connectivity index (χ1v) is 8.55. The zero-order chi connectivity index (χ0) is 14.6. The molecule has 6 heteroatoms. The van der Waals surface area contributed by atoms with Gasteiger partial charge in [0.2, 0.25) is 10.0 Å². The van der Waals surface area contributed by atoms with Crippen LogP contribution in [0.15, 0.2) is 29.2 Å². The number of rotatable bonds is 6. The lowest BCUT2D eigenvalue weighted by atomic mass is 10.2. The van der Waals surface area contributed by atoms with E-state index in [1.165, 1.54) is 12.8 Å². The number of benzene rings is 1. The Labute approximate surface area is 121 Å². The van der Waals surface area contributed by atoms with Crippen molar-refractivity contribution in [1.29, 1.82) is 0 Å². The zero-order valence-corrected chi connectivity index (χ0v) is 12.8. The molecule has 2 rings (SSSR count). The Morgan fingerprint density at radius 1 is 1.30 bits per heavy atom. The van der Waals surface area contributed by atoms with Gasteiger partial charge in [-0.05, 0) is 57.5 Å². The lowest BCUT2D eigenvalue weighted by molar-refractivity contribution is 0.570. The van der Waals surface area contributed by atoms with Crippen LogP contribution < -0.4 is 15.4 Å². The molecule has 0 radical (unpaired) electrons. The molecule has 1 aromatic rings. The smallest absolute Gasteiger partial charge is 0.240 e. The molecule has 1 heterocycles. The minimum absolute atomic E-state index is 0.105. The van der Waals surface area contributed by atoms with Crippen LogP contribution in [0.4, 0.5) is 5.69 Å². The lowest BCUT2D eigenvalue weighted by Gasteiger charge is -2.13. The molecule has 0 saturated carbocycles.